The normalized spacial score (nSPS) is 14.8. The number of phenols is 1. The zero-order valence-electron chi connectivity index (χ0n) is 29.2. The Labute approximate surface area is 302 Å². The number of pyridine rings is 1. The van der Waals surface area contributed by atoms with Crippen molar-refractivity contribution in [2.45, 2.75) is 44.3 Å². The molecule has 11 nitrogen and oxygen atoms in total. The van der Waals surface area contributed by atoms with E-state index in [9.17, 15) is 24.6 Å². The molecule has 6 rings (SSSR count). The van der Waals surface area contributed by atoms with E-state index in [1.165, 1.54) is 12.1 Å². The number of carbonyl (C=O) groups excluding carboxylic acids is 2. The molecule has 1 saturated heterocycles. The number of aromatic nitrogens is 1. The van der Waals surface area contributed by atoms with Crippen molar-refractivity contribution >= 4 is 34.3 Å². The zero-order chi connectivity index (χ0) is 36.5. The highest BCUT2D eigenvalue weighted by atomic mass is 16.6. The van der Waals surface area contributed by atoms with Crippen LogP contribution in [0.3, 0.4) is 0 Å². The van der Waals surface area contributed by atoms with E-state index in [-0.39, 0.29) is 29.2 Å². The smallest absolute Gasteiger partial charge is 0.411 e. The van der Waals surface area contributed by atoms with Crippen molar-refractivity contribution in [1.29, 1.82) is 0 Å². The first-order chi connectivity index (χ1) is 25.2. The lowest BCUT2D eigenvalue weighted by Gasteiger charge is -2.31. The number of carbonyl (C=O) groups is 2. The quantitative estimate of drug-likeness (QED) is 0.0827. The standard InChI is InChI=1S/C41H45N5O6/c1-27(25-42-26-37(48)33-15-17-36(47)40-34(33)16-18-38(49)45-40)28-11-13-30(14-12-28)43-39(50)21-24-46-22-19-31(20-23-46)52-41(51)44-35-10-6-5-9-32(35)29-7-3-2-4-8-29/h2-18,27,31,37,42,47-48H,19-26H2,1H3,(H,43,50)(H,44,51)(H,45,49)/t27?,37-/m0/s1. The van der Waals surface area contributed by atoms with Gasteiger partial charge in [-0.15, -0.1) is 0 Å². The topological polar surface area (TPSA) is 156 Å². The zero-order valence-corrected chi connectivity index (χ0v) is 29.2. The Morgan fingerprint density at radius 3 is 2.38 bits per heavy atom. The Hall–Kier alpha value is -5.49. The number of aromatic hydroxyl groups is 1. The molecule has 0 spiro atoms. The van der Waals surface area contributed by atoms with Gasteiger partial charge in [0.15, 0.2) is 0 Å². The molecule has 2 amide bonds. The Morgan fingerprint density at radius 2 is 1.62 bits per heavy atom. The molecule has 270 valence electrons. The van der Waals surface area contributed by atoms with Gasteiger partial charge >= 0.3 is 6.09 Å². The third-order valence-corrected chi connectivity index (χ3v) is 9.53. The number of fused-ring (bicyclic) bond motifs is 1. The van der Waals surface area contributed by atoms with Gasteiger partial charge in [0, 0.05) is 61.8 Å². The summed E-state index contributed by atoms with van der Waals surface area (Å²) in [5.41, 5.74) is 5.08. The predicted octanol–water partition coefficient (Wildman–Crippen LogP) is 6.37. The van der Waals surface area contributed by atoms with Crippen LogP contribution in [0.1, 0.15) is 49.3 Å². The summed E-state index contributed by atoms with van der Waals surface area (Å²) in [6.07, 6.45) is 0.300. The molecule has 2 atom stereocenters. The fourth-order valence-corrected chi connectivity index (χ4v) is 6.60. The van der Waals surface area contributed by atoms with Crippen LogP contribution in [-0.2, 0) is 9.53 Å². The summed E-state index contributed by atoms with van der Waals surface area (Å²) < 4.78 is 5.75. The Balaban J connectivity index is 0.885. The van der Waals surface area contributed by atoms with Crippen LogP contribution < -0.4 is 21.5 Å². The first-order valence-electron chi connectivity index (χ1n) is 17.7. The minimum absolute atomic E-state index is 0.0440. The molecule has 1 fully saturated rings. The number of rotatable bonds is 13. The summed E-state index contributed by atoms with van der Waals surface area (Å²) in [7, 11) is 0. The molecule has 52 heavy (non-hydrogen) atoms. The second-order valence-corrected chi connectivity index (χ2v) is 13.3. The largest absolute Gasteiger partial charge is 0.506 e. The van der Waals surface area contributed by atoms with Crippen LogP contribution in [0.25, 0.3) is 22.0 Å². The summed E-state index contributed by atoms with van der Waals surface area (Å²) in [6.45, 7) is 5.11. The number of phenolic OH excluding ortho intramolecular Hbond substituents is 1. The van der Waals surface area contributed by atoms with Gasteiger partial charge < -0.3 is 35.5 Å². The number of ether oxygens (including phenoxy) is 1. The van der Waals surface area contributed by atoms with Crippen molar-refractivity contribution in [3.8, 4) is 16.9 Å². The molecule has 1 unspecified atom stereocenters. The van der Waals surface area contributed by atoms with E-state index >= 15 is 0 Å². The van der Waals surface area contributed by atoms with Crippen molar-refractivity contribution in [3.05, 3.63) is 125 Å². The van der Waals surface area contributed by atoms with Crippen LogP contribution in [0.4, 0.5) is 16.2 Å². The molecule has 4 aromatic carbocycles. The van der Waals surface area contributed by atoms with E-state index in [0.717, 1.165) is 35.5 Å². The molecule has 0 radical (unpaired) electrons. The molecule has 11 heteroatoms. The van der Waals surface area contributed by atoms with E-state index < -0.39 is 12.2 Å². The van der Waals surface area contributed by atoms with E-state index in [4.69, 9.17) is 4.74 Å². The van der Waals surface area contributed by atoms with Gasteiger partial charge in [-0.3, -0.25) is 14.9 Å². The van der Waals surface area contributed by atoms with Gasteiger partial charge in [-0.1, -0.05) is 73.7 Å². The average molecular weight is 704 g/mol. The maximum absolute atomic E-state index is 12.7. The first kappa shape index (κ1) is 36.3. The number of amides is 2. The molecule has 0 aliphatic carbocycles. The van der Waals surface area contributed by atoms with Gasteiger partial charge in [0.25, 0.3) is 0 Å². The summed E-state index contributed by atoms with van der Waals surface area (Å²) in [6, 6.07) is 31.5. The lowest BCUT2D eigenvalue weighted by molar-refractivity contribution is -0.116. The van der Waals surface area contributed by atoms with Crippen molar-refractivity contribution in [2.75, 3.05) is 43.4 Å². The fraction of sp³-hybridized carbons (Fsp3) is 0.293. The number of piperidine rings is 1. The van der Waals surface area contributed by atoms with Gasteiger partial charge in [0.05, 0.1) is 17.3 Å². The molecule has 6 N–H and O–H groups in total. The van der Waals surface area contributed by atoms with E-state index in [1.54, 1.807) is 12.1 Å². The van der Waals surface area contributed by atoms with Gasteiger partial charge in [0.2, 0.25) is 11.5 Å². The number of likely N-dealkylation sites (tertiary alicyclic amines) is 1. The summed E-state index contributed by atoms with van der Waals surface area (Å²) in [5.74, 6) is 0.0440. The van der Waals surface area contributed by atoms with Crippen molar-refractivity contribution < 1.29 is 24.5 Å². The number of para-hydroxylation sites is 1. The molecule has 1 aromatic heterocycles. The average Bonchev–Trinajstić information content (AvgIpc) is 3.15. The number of hydrogen-bond acceptors (Lipinski definition) is 8. The first-order valence-corrected chi connectivity index (χ1v) is 17.7. The number of nitrogens with zero attached hydrogens (tertiary/aromatic N) is 1. The van der Waals surface area contributed by atoms with E-state index in [2.05, 4.69) is 32.8 Å². The number of benzene rings is 4. The number of aliphatic hydroxyl groups is 1. The van der Waals surface area contributed by atoms with Gasteiger partial charge in [-0.05, 0) is 65.8 Å². The highest BCUT2D eigenvalue weighted by molar-refractivity contribution is 5.92. The van der Waals surface area contributed by atoms with Crippen LogP contribution >= 0.6 is 0 Å². The van der Waals surface area contributed by atoms with Crippen LogP contribution in [0, 0.1) is 0 Å². The molecule has 1 aliphatic rings. The second-order valence-electron chi connectivity index (χ2n) is 13.3. The molecular weight excluding hydrogens is 658 g/mol. The van der Waals surface area contributed by atoms with Gasteiger partial charge in [0.1, 0.15) is 11.9 Å². The van der Waals surface area contributed by atoms with Crippen molar-refractivity contribution in [3.63, 3.8) is 0 Å². The SMILES string of the molecule is CC(CNC[C@H](O)c1ccc(O)c2[nH]c(=O)ccc12)c1ccc(NC(=O)CCN2CCC(OC(=O)Nc3ccccc3-c3ccccc3)CC2)cc1. The van der Waals surface area contributed by atoms with E-state index in [0.29, 0.717) is 61.1 Å². The Bertz CT molecular complexity index is 2030. The van der Waals surface area contributed by atoms with Crippen LogP contribution in [-0.4, -0.2) is 70.9 Å². The Morgan fingerprint density at radius 1 is 0.885 bits per heavy atom. The number of aliphatic hydroxyl groups excluding tert-OH is 1. The van der Waals surface area contributed by atoms with Crippen LogP contribution in [0.5, 0.6) is 5.75 Å². The lowest BCUT2D eigenvalue weighted by Crippen LogP contribution is -2.39. The molecule has 5 aromatic rings. The maximum atomic E-state index is 12.7. The summed E-state index contributed by atoms with van der Waals surface area (Å²) in [5, 5.41) is 30.8. The lowest BCUT2D eigenvalue weighted by atomic mass is 10.00. The predicted molar refractivity (Wildman–Crippen MR) is 204 cm³/mol. The number of H-pyrrole nitrogens is 1. The number of aromatic amines is 1. The number of anilines is 2. The summed E-state index contributed by atoms with van der Waals surface area (Å²) in [4.78, 5) is 42.0. The van der Waals surface area contributed by atoms with Crippen molar-refractivity contribution in [1.82, 2.24) is 15.2 Å². The molecule has 1 aliphatic heterocycles. The highest BCUT2D eigenvalue weighted by Crippen LogP contribution is 2.30. The fourth-order valence-electron chi connectivity index (χ4n) is 6.60. The molecular formula is C41H45N5O6. The number of nitrogens with one attached hydrogen (secondary N) is 4. The van der Waals surface area contributed by atoms with Crippen LogP contribution in [0.15, 0.2) is 108 Å². The minimum Gasteiger partial charge on any atom is -0.506 e. The molecule has 0 bridgehead atoms. The van der Waals surface area contributed by atoms with E-state index in [1.807, 2.05) is 78.9 Å². The molecule has 2 heterocycles. The molecule has 0 saturated carbocycles. The minimum atomic E-state index is -0.834. The third kappa shape index (κ3) is 9.43. The monoisotopic (exact) mass is 703 g/mol. The van der Waals surface area contributed by atoms with Crippen molar-refractivity contribution in [2.24, 2.45) is 0 Å². The van der Waals surface area contributed by atoms with Gasteiger partial charge in [-0.2, -0.15) is 0 Å². The van der Waals surface area contributed by atoms with Gasteiger partial charge in [-0.25, -0.2) is 4.79 Å². The highest BCUT2D eigenvalue weighted by Gasteiger charge is 2.23. The second kappa shape index (κ2) is 17.1. The maximum Gasteiger partial charge on any atom is 0.411 e. The summed E-state index contributed by atoms with van der Waals surface area (Å²) >= 11 is 0. The number of hydrogen-bond donors (Lipinski definition) is 6. The third-order valence-electron chi connectivity index (χ3n) is 9.53. The van der Waals surface area contributed by atoms with Crippen LogP contribution in [0.2, 0.25) is 0 Å². The Kier molecular flexibility index (Phi) is 12.0.